The molecule has 7 heteroatoms. The van der Waals surface area contributed by atoms with Crippen molar-refractivity contribution in [3.8, 4) is 5.75 Å². The Morgan fingerprint density at radius 1 is 1.04 bits per heavy atom. The van der Waals surface area contributed by atoms with Crippen molar-refractivity contribution in [2.45, 2.75) is 12.8 Å². The molecule has 2 amide bonds. The Morgan fingerprint density at radius 2 is 1.64 bits per heavy atom. The molecule has 2 unspecified atom stereocenters. The first kappa shape index (κ1) is 17.7. The highest BCUT2D eigenvalue weighted by Gasteiger charge is 2.47. The second-order valence-electron chi connectivity index (χ2n) is 5.94. The number of nitrogens with zero attached hydrogens (tertiary/aromatic N) is 1. The largest absolute Gasteiger partial charge is 0.490 e. The Morgan fingerprint density at radius 3 is 2.24 bits per heavy atom. The lowest BCUT2D eigenvalue weighted by Crippen LogP contribution is -2.37. The van der Waals surface area contributed by atoms with Gasteiger partial charge in [0.25, 0.3) is 0 Å². The number of benzene rings is 1. The monoisotopic (exact) mass is 407 g/mol. The van der Waals surface area contributed by atoms with Gasteiger partial charge in [0.2, 0.25) is 11.8 Å². The third-order valence-corrected chi connectivity index (χ3v) is 4.84. The summed E-state index contributed by atoms with van der Waals surface area (Å²) in [7, 11) is 0. The Bertz CT molecular complexity index is 674. The number of hydrogen-bond acceptors (Lipinski definition) is 5. The van der Waals surface area contributed by atoms with Crippen molar-refractivity contribution in [2.75, 3.05) is 19.8 Å². The van der Waals surface area contributed by atoms with Gasteiger partial charge in [-0.25, -0.2) is 0 Å². The molecule has 0 N–H and O–H groups in total. The number of amides is 2. The average Bonchev–Trinajstić information content (AvgIpc) is 2.86. The van der Waals surface area contributed by atoms with Crippen molar-refractivity contribution in [1.29, 1.82) is 0 Å². The third-order valence-electron chi connectivity index (χ3n) is 4.31. The quantitative estimate of drug-likeness (QED) is 0.313. The molecular formula is C18H18BrNO5. The van der Waals surface area contributed by atoms with Crippen LogP contribution in [-0.4, -0.2) is 42.4 Å². The normalized spacial score (nSPS) is 22.0. The molecule has 1 heterocycles. The average molecular weight is 408 g/mol. The molecule has 1 aliphatic carbocycles. The van der Waals surface area contributed by atoms with Gasteiger partial charge in [-0.05, 0) is 37.1 Å². The molecule has 25 heavy (non-hydrogen) atoms. The summed E-state index contributed by atoms with van der Waals surface area (Å²) in [5, 5.41) is 0. The van der Waals surface area contributed by atoms with Gasteiger partial charge in [0.05, 0.1) is 11.8 Å². The molecule has 2 atom stereocenters. The number of esters is 1. The molecule has 6 nitrogen and oxygen atoms in total. The van der Waals surface area contributed by atoms with E-state index in [4.69, 9.17) is 9.47 Å². The number of rotatable bonds is 6. The number of hydrogen-bond donors (Lipinski definition) is 0. The maximum Gasteiger partial charge on any atom is 0.326 e. The Labute approximate surface area is 153 Å². The van der Waals surface area contributed by atoms with Gasteiger partial charge in [-0.1, -0.05) is 28.1 Å². The first-order chi connectivity index (χ1) is 12.1. The highest BCUT2D eigenvalue weighted by atomic mass is 79.9. The summed E-state index contributed by atoms with van der Waals surface area (Å²) < 4.78 is 11.5. The number of likely N-dealkylation sites (tertiary alicyclic amines) is 1. The third kappa shape index (κ3) is 4.10. The zero-order chi connectivity index (χ0) is 17.8. The van der Waals surface area contributed by atoms with Crippen LogP contribution in [0.5, 0.6) is 5.75 Å². The number of halogens is 1. The molecule has 132 valence electrons. The highest BCUT2D eigenvalue weighted by Crippen LogP contribution is 2.34. The molecule has 1 aromatic rings. The summed E-state index contributed by atoms with van der Waals surface area (Å²) in [5.41, 5.74) is 0. The summed E-state index contributed by atoms with van der Waals surface area (Å²) >= 11 is 3.33. The molecular weight excluding hydrogens is 390 g/mol. The lowest BCUT2D eigenvalue weighted by molar-refractivity contribution is -0.153. The summed E-state index contributed by atoms with van der Waals surface area (Å²) in [5.74, 6) is -1.14. The van der Waals surface area contributed by atoms with Crippen LogP contribution in [0, 0.1) is 11.8 Å². The van der Waals surface area contributed by atoms with Crippen molar-refractivity contribution in [2.24, 2.45) is 11.8 Å². The minimum absolute atomic E-state index is 0.0551. The molecule has 1 aromatic carbocycles. The lowest BCUT2D eigenvalue weighted by Gasteiger charge is -2.14. The predicted molar refractivity (Wildman–Crippen MR) is 92.7 cm³/mol. The van der Waals surface area contributed by atoms with E-state index in [1.54, 1.807) is 12.1 Å². The zero-order valence-corrected chi connectivity index (χ0v) is 15.1. The Balaban J connectivity index is 1.42. The number of carbonyl (C=O) groups excluding carboxylic acids is 3. The van der Waals surface area contributed by atoms with Crippen LogP contribution in [0.4, 0.5) is 0 Å². The van der Waals surface area contributed by atoms with Crippen LogP contribution < -0.4 is 4.74 Å². The van der Waals surface area contributed by atoms with Crippen LogP contribution in [0.25, 0.3) is 0 Å². The van der Waals surface area contributed by atoms with Crippen molar-refractivity contribution < 1.29 is 23.9 Å². The van der Waals surface area contributed by atoms with E-state index in [9.17, 15) is 14.4 Å². The lowest BCUT2D eigenvalue weighted by atomic mass is 9.85. The van der Waals surface area contributed by atoms with E-state index in [-0.39, 0.29) is 43.4 Å². The molecule has 0 spiro atoms. The van der Waals surface area contributed by atoms with Crippen molar-refractivity contribution in [3.05, 3.63) is 40.9 Å². The molecule has 0 bridgehead atoms. The summed E-state index contributed by atoms with van der Waals surface area (Å²) in [6.45, 7) is -0.0765. The van der Waals surface area contributed by atoms with E-state index in [0.29, 0.717) is 18.6 Å². The Hall–Kier alpha value is -2.15. The van der Waals surface area contributed by atoms with Crippen LogP contribution in [-0.2, 0) is 19.1 Å². The number of carbonyl (C=O) groups is 3. The maximum atomic E-state index is 12.3. The molecule has 0 radical (unpaired) electrons. The van der Waals surface area contributed by atoms with Gasteiger partial charge in [-0.15, -0.1) is 0 Å². The van der Waals surface area contributed by atoms with Gasteiger partial charge < -0.3 is 9.47 Å². The van der Waals surface area contributed by atoms with Gasteiger partial charge in [0.15, 0.2) is 0 Å². The summed E-state index contributed by atoms with van der Waals surface area (Å²) in [6, 6.07) is 7.28. The first-order valence-electron chi connectivity index (χ1n) is 8.10. The van der Waals surface area contributed by atoms with Gasteiger partial charge in [0, 0.05) is 4.47 Å². The molecule has 3 rings (SSSR count). The highest BCUT2D eigenvalue weighted by molar-refractivity contribution is 9.10. The number of allylic oxidation sites excluding steroid dienone is 2. The van der Waals surface area contributed by atoms with Crippen LogP contribution >= 0.6 is 15.9 Å². The molecule has 0 saturated carbocycles. The van der Waals surface area contributed by atoms with Gasteiger partial charge in [0.1, 0.15) is 25.5 Å². The zero-order valence-electron chi connectivity index (χ0n) is 13.5. The fraction of sp³-hybridized carbons (Fsp3) is 0.389. The van der Waals surface area contributed by atoms with Crippen molar-refractivity contribution >= 4 is 33.7 Å². The molecule has 1 aliphatic heterocycles. The van der Waals surface area contributed by atoms with E-state index in [0.717, 1.165) is 9.37 Å². The minimum Gasteiger partial charge on any atom is -0.490 e. The predicted octanol–water partition coefficient (Wildman–Crippen LogP) is 2.32. The molecule has 1 saturated heterocycles. The standard InChI is InChI=1S/C18H18BrNO5/c19-12-5-7-13(8-6-12)24-9-10-25-16(21)11-20-17(22)14-3-1-2-4-15(14)18(20)23/h1-2,5-8,14-15H,3-4,9-11H2. The maximum absolute atomic E-state index is 12.3. The van der Waals surface area contributed by atoms with Crippen LogP contribution in [0.1, 0.15) is 12.8 Å². The van der Waals surface area contributed by atoms with Crippen LogP contribution in [0.2, 0.25) is 0 Å². The fourth-order valence-corrected chi connectivity index (χ4v) is 3.31. The van der Waals surface area contributed by atoms with Gasteiger partial charge in [-0.3, -0.25) is 19.3 Å². The van der Waals surface area contributed by atoms with Crippen LogP contribution in [0.15, 0.2) is 40.9 Å². The van der Waals surface area contributed by atoms with Crippen molar-refractivity contribution in [1.82, 2.24) is 4.90 Å². The topological polar surface area (TPSA) is 72.9 Å². The van der Waals surface area contributed by atoms with Gasteiger partial charge >= 0.3 is 5.97 Å². The van der Waals surface area contributed by atoms with E-state index >= 15 is 0 Å². The van der Waals surface area contributed by atoms with Gasteiger partial charge in [-0.2, -0.15) is 0 Å². The summed E-state index contributed by atoms with van der Waals surface area (Å²) in [6.07, 6.45) is 4.94. The van der Waals surface area contributed by atoms with E-state index < -0.39 is 5.97 Å². The summed E-state index contributed by atoms with van der Waals surface area (Å²) in [4.78, 5) is 37.5. The second-order valence-corrected chi connectivity index (χ2v) is 6.86. The van der Waals surface area contributed by atoms with E-state index in [1.165, 1.54) is 0 Å². The second kappa shape index (κ2) is 7.82. The molecule has 2 aliphatic rings. The number of fused-ring (bicyclic) bond motifs is 1. The first-order valence-corrected chi connectivity index (χ1v) is 8.90. The fourth-order valence-electron chi connectivity index (χ4n) is 3.05. The smallest absolute Gasteiger partial charge is 0.326 e. The number of ether oxygens (including phenoxy) is 2. The molecule has 0 aromatic heterocycles. The van der Waals surface area contributed by atoms with E-state index in [2.05, 4.69) is 15.9 Å². The van der Waals surface area contributed by atoms with E-state index in [1.807, 2.05) is 24.3 Å². The Kier molecular flexibility index (Phi) is 5.53. The SMILES string of the molecule is O=C(CN1C(=O)C2CC=CCC2C1=O)OCCOc1ccc(Br)cc1. The van der Waals surface area contributed by atoms with Crippen LogP contribution in [0.3, 0.4) is 0 Å². The van der Waals surface area contributed by atoms with Crippen molar-refractivity contribution in [3.63, 3.8) is 0 Å². The minimum atomic E-state index is -0.604. The number of imide groups is 1. The molecule has 1 fully saturated rings.